The Morgan fingerprint density at radius 1 is 1.47 bits per heavy atom. The van der Waals surface area contributed by atoms with E-state index in [1.165, 1.54) is 25.9 Å². The van der Waals surface area contributed by atoms with E-state index in [0.29, 0.717) is 0 Å². The summed E-state index contributed by atoms with van der Waals surface area (Å²) >= 11 is 1.73. The van der Waals surface area contributed by atoms with E-state index in [-0.39, 0.29) is 11.9 Å². The first-order chi connectivity index (χ1) is 9.13. The fourth-order valence-corrected chi connectivity index (χ4v) is 2.80. The summed E-state index contributed by atoms with van der Waals surface area (Å²) in [4.78, 5) is 14.2. The van der Waals surface area contributed by atoms with E-state index >= 15 is 0 Å². The number of hydrogen-bond acceptors (Lipinski definition) is 4. The summed E-state index contributed by atoms with van der Waals surface area (Å²) in [5, 5.41) is 2.94. The number of carbonyl (C=O) groups excluding carboxylic acids is 1. The lowest BCUT2D eigenvalue weighted by Crippen LogP contribution is -2.42. The van der Waals surface area contributed by atoms with Crippen LogP contribution < -0.4 is 11.1 Å². The fraction of sp³-hybridized carbons (Fsp3) is 0.929. The summed E-state index contributed by atoms with van der Waals surface area (Å²) < 4.78 is 0. The lowest BCUT2D eigenvalue weighted by molar-refractivity contribution is -0.122. The largest absolute Gasteiger partial charge is 0.355 e. The highest BCUT2D eigenvalue weighted by Gasteiger charge is 2.15. The van der Waals surface area contributed by atoms with Crippen LogP contribution in [0, 0.1) is 5.92 Å². The molecule has 1 fully saturated rings. The van der Waals surface area contributed by atoms with Crippen molar-refractivity contribution in [3.8, 4) is 0 Å². The molecule has 1 atom stereocenters. The molecular weight excluding hydrogens is 258 g/mol. The van der Waals surface area contributed by atoms with Gasteiger partial charge in [-0.15, -0.1) is 0 Å². The van der Waals surface area contributed by atoms with Crippen molar-refractivity contribution in [2.75, 3.05) is 38.2 Å². The molecule has 1 rings (SSSR count). The maximum absolute atomic E-state index is 11.7. The van der Waals surface area contributed by atoms with Crippen LogP contribution >= 0.6 is 11.8 Å². The molecule has 4 nitrogen and oxygen atoms in total. The van der Waals surface area contributed by atoms with Gasteiger partial charge >= 0.3 is 0 Å². The molecule has 0 aliphatic carbocycles. The van der Waals surface area contributed by atoms with Crippen molar-refractivity contribution >= 4 is 17.7 Å². The van der Waals surface area contributed by atoms with E-state index in [4.69, 9.17) is 5.73 Å². The van der Waals surface area contributed by atoms with Gasteiger partial charge in [-0.05, 0) is 63.2 Å². The predicted molar refractivity (Wildman–Crippen MR) is 83.4 cm³/mol. The molecule has 3 N–H and O–H groups in total. The summed E-state index contributed by atoms with van der Waals surface area (Å²) in [6.45, 7) is 6.59. The summed E-state index contributed by atoms with van der Waals surface area (Å²) in [5.41, 5.74) is 5.81. The number of nitrogens with two attached hydrogens (primary N) is 1. The first kappa shape index (κ1) is 16.8. The molecule has 0 spiro atoms. The molecule has 5 heteroatoms. The molecule has 1 heterocycles. The second-order valence-corrected chi connectivity index (χ2v) is 6.54. The maximum Gasteiger partial charge on any atom is 0.236 e. The number of thioether (sulfide) groups is 1. The molecule has 1 amide bonds. The number of carbonyl (C=O) groups is 1. The zero-order chi connectivity index (χ0) is 14.1. The van der Waals surface area contributed by atoms with Crippen LogP contribution in [0.3, 0.4) is 0 Å². The number of piperidine rings is 1. The van der Waals surface area contributed by atoms with E-state index in [1.807, 2.05) is 6.26 Å². The van der Waals surface area contributed by atoms with E-state index in [1.54, 1.807) is 11.8 Å². The number of rotatable bonds is 8. The Morgan fingerprint density at radius 3 is 2.79 bits per heavy atom. The van der Waals surface area contributed by atoms with Crippen LogP contribution in [0.4, 0.5) is 0 Å². The number of likely N-dealkylation sites (tertiary alicyclic amines) is 1. The Morgan fingerprint density at radius 2 is 2.16 bits per heavy atom. The quantitative estimate of drug-likeness (QED) is 0.661. The van der Waals surface area contributed by atoms with Crippen LogP contribution in [0.5, 0.6) is 0 Å². The Kier molecular flexibility index (Phi) is 8.50. The minimum Gasteiger partial charge on any atom is -0.355 e. The van der Waals surface area contributed by atoms with Crippen LogP contribution in [0.1, 0.15) is 32.6 Å². The van der Waals surface area contributed by atoms with Gasteiger partial charge in [0.05, 0.1) is 6.04 Å². The van der Waals surface area contributed by atoms with Gasteiger partial charge in [-0.2, -0.15) is 11.8 Å². The zero-order valence-corrected chi connectivity index (χ0v) is 13.2. The molecule has 0 saturated carbocycles. The minimum atomic E-state index is -0.344. The predicted octanol–water partition coefficient (Wildman–Crippen LogP) is 1.31. The van der Waals surface area contributed by atoms with Crippen molar-refractivity contribution in [1.29, 1.82) is 0 Å². The van der Waals surface area contributed by atoms with Crippen molar-refractivity contribution < 1.29 is 4.79 Å². The van der Waals surface area contributed by atoms with Gasteiger partial charge in [0.1, 0.15) is 0 Å². The lowest BCUT2D eigenvalue weighted by atomic mass is 9.99. The second-order valence-electron chi connectivity index (χ2n) is 5.56. The van der Waals surface area contributed by atoms with Crippen molar-refractivity contribution in [2.45, 2.75) is 38.6 Å². The molecule has 0 bridgehead atoms. The van der Waals surface area contributed by atoms with E-state index in [0.717, 1.165) is 37.6 Å². The first-order valence-corrected chi connectivity index (χ1v) is 8.77. The van der Waals surface area contributed by atoms with Crippen LogP contribution in [0.15, 0.2) is 0 Å². The smallest absolute Gasteiger partial charge is 0.236 e. The highest BCUT2D eigenvalue weighted by molar-refractivity contribution is 7.98. The highest BCUT2D eigenvalue weighted by Crippen LogP contribution is 2.15. The Labute approximate surface area is 121 Å². The molecule has 19 heavy (non-hydrogen) atoms. The van der Waals surface area contributed by atoms with E-state index < -0.39 is 0 Å². The molecule has 0 aromatic heterocycles. The average molecular weight is 287 g/mol. The second kappa shape index (κ2) is 9.61. The van der Waals surface area contributed by atoms with Gasteiger partial charge in [0.2, 0.25) is 5.91 Å². The van der Waals surface area contributed by atoms with E-state index in [2.05, 4.69) is 17.1 Å². The molecule has 1 aliphatic heterocycles. The minimum absolute atomic E-state index is 0.00122. The van der Waals surface area contributed by atoms with Gasteiger partial charge < -0.3 is 16.0 Å². The molecule has 1 aliphatic rings. The lowest BCUT2D eigenvalue weighted by Gasteiger charge is -2.30. The zero-order valence-electron chi connectivity index (χ0n) is 12.4. The number of hydrogen-bond donors (Lipinski definition) is 2. The highest BCUT2D eigenvalue weighted by atomic mass is 32.2. The van der Waals surface area contributed by atoms with Gasteiger partial charge in [-0.3, -0.25) is 4.79 Å². The van der Waals surface area contributed by atoms with Crippen molar-refractivity contribution in [1.82, 2.24) is 10.2 Å². The Hall–Kier alpha value is -0.260. The summed E-state index contributed by atoms with van der Waals surface area (Å²) in [6, 6.07) is -0.344. The molecule has 1 saturated heterocycles. The Balaban J connectivity index is 2.02. The van der Waals surface area contributed by atoms with Gasteiger partial charge in [-0.25, -0.2) is 0 Å². The van der Waals surface area contributed by atoms with Crippen molar-refractivity contribution in [2.24, 2.45) is 11.7 Å². The van der Waals surface area contributed by atoms with Gasteiger partial charge in [0.25, 0.3) is 0 Å². The number of nitrogens with zero attached hydrogens (tertiary/aromatic N) is 1. The molecule has 0 unspecified atom stereocenters. The number of amides is 1. The topological polar surface area (TPSA) is 58.4 Å². The summed E-state index contributed by atoms with van der Waals surface area (Å²) in [6.07, 6.45) is 6.44. The van der Waals surface area contributed by atoms with Crippen molar-refractivity contribution in [3.63, 3.8) is 0 Å². The number of nitrogens with one attached hydrogen (secondary N) is 1. The van der Waals surface area contributed by atoms with Crippen LogP contribution in [-0.4, -0.2) is 55.0 Å². The first-order valence-electron chi connectivity index (χ1n) is 7.38. The third-order valence-corrected chi connectivity index (χ3v) is 4.44. The molecule has 112 valence electrons. The summed E-state index contributed by atoms with van der Waals surface area (Å²) in [7, 11) is 0. The summed E-state index contributed by atoms with van der Waals surface area (Å²) in [5.74, 6) is 1.83. The standard InChI is InChI=1S/C14H29N3OS/c1-12-4-9-17(10-5-12)8-3-7-16-14(18)13(15)6-11-19-2/h12-13H,3-11,15H2,1-2H3,(H,16,18)/t13-/m0/s1. The van der Waals surface area contributed by atoms with Crippen LogP contribution in [0.25, 0.3) is 0 Å². The molecule has 0 aromatic carbocycles. The Bertz CT molecular complexity index is 255. The third-order valence-electron chi connectivity index (χ3n) is 3.80. The van der Waals surface area contributed by atoms with Crippen molar-refractivity contribution in [3.05, 3.63) is 0 Å². The van der Waals surface area contributed by atoms with Crippen LogP contribution in [-0.2, 0) is 4.79 Å². The monoisotopic (exact) mass is 287 g/mol. The molecular formula is C14H29N3OS. The third kappa shape index (κ3) is 7.18. The van der Waals surface area contributed by atoms with Crippen LogP contribution in [0.2, 0.25) is 0 Å². The van der Waals surface area contributed by atoms with Gasteiger partial charge in [0, 0.05) is 6.54 Å². The maximum atomic E-state index is 11.7. The van der Waals surface area contributed by atoms with Gasteiger partial charge in [0.15, 0.2) is 0 Å². The fourth-order valence-electron chi connectivity index (χ4n) is 2.31. The van der Waals surface area contributed by atoms with E-state index in [9.17, 15) is 4.79 Å². The van der Waals surface area contributed by atoms with Gasteiger partial charge in [-0.1, -0.05) is 6.92 Å². The molecule has 0 radical (unpaired) electrons. The SMILES string of the molecule is CSCC[C@H](N)C(=O)NCCCN1CCC(C)CC1. The molecule has 0 aromatic rings. The average Bonchev–Trinajstić information content (AvgIpc) is 2.42. The normalized spacial score (nSPS) is 19.3.